The summed E-state index contributed by atoms with van der Waals surface area (Å²) in [5.74, 6) is 0.724. The first-order chi connectivity index (χ1) is 10.8. The van der Waals surface area contributed by atoms with Crippen LogP contribution in [0.3, 0.4) is 0 Å². The number of imidazole rings is 1. The fourth-order valence-corrected chi connectivity index (χ4v) is 2.56. The van der Waals surface area contributed by atoms with E-state index in [1.165, 1.54) is 0 Å². The molecule has 0 radical (unpaired) electrons. The highest BCUT2D eigenvalue weighted by Crippen LogP contribution is 2.26. The molecule has 0 saturated carbocycles. The predicted molar refractivity (Wildman–Crippen MR) is 86.4 cm³/mol. The number of pyridine rings is 1. The SMILES string of the molecule is Cc1ccn2c(-c3cccc(-c4cccnc4)c3)cnc2n1. The first-order valence-electron chi connectivity index (χ1n) is 7.13. The second-order valence-corrected chi connectivity index (χ2v) is 5.20. The van der Waals surface area contributed by atoms with Crippen LogP contribution in [0.15, 0.2) is 67.3 Å². The molecule has 22 heavy (non-hydrogen) atoms. The minimum absolute atomic E-state index is 0.724. The lowest BCUT2D eigenvalue weighted by Gasteiger charge is -2.05. The topological polar surface area (TPSA) is 43.1 Å². The first kappa shape index (κ1) is 12.7. The Morgan fingerprint density at radius 3 is 2.64 bits per heavy atom. The molecule has 0 amide bonds. The standard InChI is InChI=1S/C18H14N4/c1-13-7-9-22-17(12-20-18(22)21-13)15-5-2-4-14(10-15)16-6-3-8-19-11-16/h2-12H,1H3. The summed E-state index contributed by atoms with van der Waals surface area (Å²) < 4.78 is 2.01. The van der Waals surface area contributed by atoms with Gasteiger partial charge in [-0.3, -0.25) is 9.38 Å². The summed E-state index contributed by atoms with van der Waals surface area (Å²) in [4.78, 5) is 13.0. The number of hydrogen-bond donors (Lipinski definition) is 0. The summed E-state index contributed by atoms with van der Waals surface area (Å²) in [7, 11) is 0. The van der Waals surface area contributed by atoms with Crippen molar-refractivity contribution in [2.75, 3.05) is 0 Å². The molecule has 0 atom stereocenters. The van der Waals surface area contributed by atoms with Crippen LogP contribution in [0.2, 0.25) is 0 Å². The van der Waals surface area contributed by atoms with E-state index in [1.54, 1.807) is 6.20 Å². The molecule has 0 aliphatic rings. The lowest BCUT2D eigenvalue weighted by atomic mass is 10.0. The van der Waals surface area contributed by atoms with Gasteiger partial charge in [0.15, 0.2) is 0 Å². The molecule has 4 heteroatoms. The third-order valence-electron chi connectivity index (χ3n) is 3.67. The maximum atomic E-state index is 4.44. The lowest BCUT2D eigenvalue weighted by Crippen LogP contribution is -1.92. The molecule has 3 aromatic heterocycles. The van der Waals surface area contributed by atoms with Crippen LogP contribution in [0.5, 0.6) is 0 Å². The zero-order chi connectivity index (χ0) is 14.9. The average Bonchev–Trinajstić information content (AvgIpc) is 2.99. The fraction of sp³-hybridized carbons (Fsp3) is 0.0556. The Hall–Kier alpha value is -3.01. The zero-order valence-corrected chi connectivity index (χ0v) is 12.1. The monoisotopic (exact) mass is 286 g/mol. The molecule has 0 fully saturated rings. The Morgan fingerprint density at radius 2 is 1.77 bits per heavy atom. The van der Waals surface area contributed by atoms with Crippen molar-refractivity contribution < 1.29 is 0 Å². The summed E-state index contributed by atoms with van der Waals surface area (Å²) >= 11 is 0. The Bertz CT molecular complexity index is 942. The van der Waals surface area contributed by atoms with Crippen LogP contribution >= 0.6 is 0 Å². The summed E-state index contributed by atoms with van der Waals surface area (Å²) in [5, 5.41) is 0. The van der Waals surface area contributed by atoms with Crippen molar-refractivity contribution in [1.82, 2.24) is 19.4 Å². The first-order valence-corrected chi connectivity index (χ1v) is 7.13. The van der Waals surface area contributed by atoms with Crippen molar-refractivity contribution in [2.45, 2.75) is 6.92 Å². The summed E-state index contributed by atoms with van der Waals surface area (Å²) in [5.41, 5.74) is 5.36. The second-order valence-electron chi connectivity index (χ2n) is 5.20. The van der Waals surface area contributed by atoms with Gasteiger partial charge in [-0.2, -0.15) is 0 Å². The van der Waals surface area contributed by atoms with Gasteiger partial charge in [-0.05, 0) is 30.7 Å². The van der Waals surface area contributed by atoms with Gasteiger partial charge in [0.25, 0.3) is 0 Å². The van der Waals surface area contributed by atoms with Gasteiger partial charge in [0, 0.05) is 35.4 Å². The molecule has 3 heterocycles. The van der Waals surface area contributed by atoms with Crippen LogP contribution in [0.4, 0.5) is 0 Å². The smallest absolute Gasteiger partial charge is 0.234 e. The number of hydrogen-bond acceptors (Lipinski definition) is 3. The summed E-state index contributed by atoms with van der Waals surface area (Å²) in [6.45, 7) is 1.97. The number of rotatable bonds is 2. The molecule has 0 bridgehead atoms. The van der Waals surface area contributed by atoms with E-state index in [0.717, 1.165) is 33.9 Å². The molecule has 0 unspecified atom stereocenters. The number of aromatic nitrogens is 4. The van der Waals surface area contributed by atoms with Crippen molar-refractivity contribution >= 4 is 5.78 Å². The lowest BCUT2D eigenvalue weighted by molar-refractivity contribution is 1.07. The summed E-state index contributed by atoms with van der Waals surface area (Å²) in [6, 6.07) is 14.4. The van der Waals surface area contributed by atoms with Gasteiger partial charge in [-0.25, -0.2) is 9.97 Å². The third kappa shape index (κ3) is 2.15. The van der Waals surface area contributed by atoms with Gasteiger partial charge in [0.2, 0.25) is 5.78 Å². The van der Waals surface area contributed by atoms with Crippen molar-refractivity contribution in [3.63, 3.8) is 0 Å². The van der Waals surface area contributed by atoms with Gasteiger partial charge in [-0.15, -0.1) is 0 Å². The number of nitrogens with zero attached hydrogens (tertiary/aromatic N) is 4. The molecule has 0 aliphatic carbocycles. The van der Waals surface area contributed by atoms with Gasteiger partial charge in [0.05, 0.1) is 11.9 Å². The molecule has 0 aliphatic heterocycles. The fourth-order valence-electron chi connectivity index (χ4n) is 2.56. The van der Waals surface area contributed by atoms with E-state index in [9.17, 15) is 0 Å². The van der Waals surface area contributed by atoms with Crippen molar-refractivity contribution in [2.24, 2.45) is 0 Å². The minimum atomic E-state index is 0.724. The predicted octanol–water partition coefficient (Wildman–Crippen LogP) is 3.77. The van der Waals surface area contributed by atoms with Gasteiger partial charge >= 0.3 is 0 Å². The Balaban J connectivity index is 1.85. The number of benzene rings is 1. The molecule has 1 aromatic carbocycles. The minimum Gasteiger partial charge on any atom is -0.284 e. The van der Waals surface area contributed by atoms with Gasteiger partial charge in [0.1, 0.15) is 0 Å². The molecule has 0 saturated heterocycles. The molecule has 4 aromatic rings. The van der Waals surface area contributed by atoms with Crippen LogP contribution in [-0.2, 0) is 0 Å². The van der Waals surface area contributed by atoms with Gasteiger partial charge < -0.3 is 0 Å². The molecule has 106 valence electrons. The van der Waals surface area contributed by atoms with E-state index in [-0.39, 0.29) is 0 Å². The van der Waals surface area contributed by atoms with E-state index in [0.29, 0.717) is 0 Å². The normalized spacial score (nSPS) is 11.0. The van der Waals surface area contributed by atoms with Crippen LogP contribution in [-0.4, -0.2) is 19.4 Å². The van der Waals surface area contributed by atoms with E-state index in [1.807, 2.05) is 42.0 Å². The number of fused-ring (bicyclic) bond motifs is 1. The highest BCUT2D eigenvalue weighted by atomic mass is 15.1. The molecule has 4 rings (SSSR count). The highest BCUT2D eigenvalue weighted by molar-refractivity contribution is 5.71. The third-order valence-corrected chi connectivity index (χ3v) is 3.67. The summed E-state index contributed by atoms with van der Waals surface area (Å²) in [6.07, 6.45) is 7.53. The molecule has 4 nitrogen and oxygen atoms in total. The van der Waals surface area contributed by atoms with Crippen LogP contribution in [0.25, 0.3) is 28.2 Å². The maximum absolute atomic E-state index is 4.44. The van der Waals surface area contributed by atoms with E-state index in [2.05, 4.69) is 45.3 Å². The Morgan fingerprint density at radius 1 is 0.909 bits per heavy atom. The van der Waals surface area contributed by atoms with Crippen molar-refractivity contribution in [3.05, 3.63) is 72.9 Å². The van der Waals surface area contributed by atoms with Crippen molar-refractivity contribution in [1.29, 1.82) is 0 Å². The number of aryl methyl sites for hydroxylation is 1. The largest absolute Gasteiger partial charge is 0.284 e. The Kier molecular flexibility index (Phi) is 2.93. The van der Waals surface area contributed by atoms with E-state index < -0.39 is 0 Å². The van der Waals surface area contributed by atoms with Crippen LogP contribution in [0, 0.1) is 6.92 Å². The maximum Gasteiger partial charge on any atom is 0.234 e. The quantitative estimate of drug-likeness (QED) is 0.563. The van der Waals surface area contributed by atoms with Crippen LogP contribution in [0.1, 0.15) is 5.69 Å². The van der Waals surface area contributed by atoms with Crippen molar-refractivity contribution in [3.8, 4) is 22.4 Å². The zero-order valence-electron chi connectivity index (χ0n) is 12.1. The molecule has 0 spiro atoms. The molecular formula is C18H14N4. The molecular weight excluding hydrogens is 272 g/mol. The van der Waals surface area contributed by atoms with Crippen LogP contribution < -0.4 is 0 Å². The Labute approximate surface area is 128 Å². The van der Waals surface area contributed by atoms with E-state index in [4.69, 9.17) is 0 Å². The van der Waals surface area contributed by atoms with E-state index >= 15 is 0 Å². The molecule has 0 N–H and O–H groups in total. The second kappa shape index (κ2) is 5.07. The van der Waals surface area contributed by atoms with Gasteiger partial charge in [-0.1, -0.05) is 24.3 Å². The average molecular weight is 286 g/mol. The highest BCUT2D eigenvalue weighted by Gasteiger charge is 2.08.